The van der Waals surface area contributed by atoms with E-state index in [4.69, 9.17) is 5.73 Å². The number of aromatic nitrogens is 1. The first-order valence-electron chi connectivity index (χ1n) is 6.13. The lowest BCUT2D eigenvalue weighted by Gasteiger charge is -2.33. The Labute approximate surface area is 97.5 Å². The molecule has 1 aliphatic rings. The molecule has 0 spiro atoms. The van der Waals surface area contributed by atoms with Crippen molar-refractivity contribution in [3.63, 3.8) is 0 Å². The fourth-order valence-electron chi connectivity index (χ4n) is 2.33. The summed E-state index contributed by atoms with van der Waals surface area (Å²) in [6.45, 7) is 2.91. The molecule has 0 aliphatic heterocycles. The van der Waals surface area contributed by atoms with Gasteiger partial charge >= 0.3 is 0 Å². The summed E-state index contributed by atoms with van der Waals surface area (Å²) in [4.78, 5) is 4.29. The molecule has 1 heterocycles. The van der Waals surface area contributed by atoms with Crippen LogP contribution in [0.15, 0.2) is 18.3 Å². The molecule has 0 amide bonds. The Bertz CT molecular complexity index is 343. The van der Waals surface area contributed by atoms with Gasteiger partial charge in [0.25, 0.3) is 0 Å². The number of nitrogens with one attached hydrogen (secondary N) is 1. The number of hydrogen-bond acceptors (Lipinski definition) is 3. The van der Waals surface area contributed by atoms with Gasteiger partial charge in [0, 0.05) is 18.3 Å². The van der Waals surface area contributed by atoms with E-state index in [1.54, 1.807) is 0 Å². The predicted molar refractivity (Wildman–Crippen MR) is 67.5 cm³/mol. The van der Waals surface area contributed by atoms with Crippen LogP contribution in [0.4, 0.5) is 5.82 Å². The van der Waals surface area contributed by atoms with Crippen molar-refractivity contribution in [1.82, 2.24) is 4.98 Å². The van der Waals surface area contributed by atoms with E-state index < -0.39 is 0 Å². The third kappa shape index (κ3) is 2.95. The highest BCUT2D eigenvalue weighted by Crippen LogP contribution is 2.26. The van der Waals surface area contributed by atoms with Crippen LogP contribution in [0, 0.1) is 6.92 Å². The van der Waals surface area contributed by atoms with Crippen molar-refractivity contribution in [3.8, 4) is 0 Å². The lowest BCUT2D eigenvalue weighted by Crippen LogP contribution is -2.47. The maximum atomic E-state index is 6.35. The third-order valence-corrected chi connectivity index (χ3v) is 3.39. The highest BCUT2D eigenvalue weighted by Gasteiger charge is 2.26. The minimum Gasteiger partial charge on any atom is -0.368 e. The Morgan fingerprint density at radius 3 is 2.81 bits per heavy atom. The summed E-state index contributed by atoms with van der Waals surface area (Å²) >= 11 is 0. The fourth-order valence-corrected chi connectivity index (χ4v) is 2.33. The number of aryl methyl sites for hydroxylation is 1. The Hall–Kier alpha value is -1.09. The van der Waals surface area contributed by atoms with Gasteiger partial charge in [-0.3, -0.25) is 0 Å². The van der Waals surface area contributed by atoms with Crippen LogP contribution in [-0.2, 0) is 0 Å². The zero-order chi connectivity index (χ0) is 11.4. The molecule has 3 heteroatoms. The number of hydrogen-bond donors (Lipinski definition) is 2. The number of rotatable bonds is 3. The van der Waals surface area contributed by atoms with Gasteiger partial charge in [0.05, 0.1) is 0 Å². The first-order valence-corrected chi connectivity index (χ1v) is 6.13. The second-order valence-corrected chi connectivity index (χ2v) is 5.00. The Kier molecular flexibility index (Phi) is 3.44. The van der Waals surface area contributed by atoms with Crippen molar-refractivity contribution in [1.29, 1.82) is 0 Å². The number of nitrogens with zero attached hydrogens (tertiary/aromatic N) is 1. The molecule has 0 aromatic carbocycles. The molecular weight excluding hydrogens is 198 g/mol. The van der Waals surface area contributed by atoms with Gasteiger partial charge in [0.2, 0.25) is 0 Å². The topological polar surface area (TPSA) is 50.9 Å². The van der Waals surface area contributed by atoms with Gasteiger partial charge in [-0.25, -0.2) is 4.98 Å². The fraction of sp³-hybridized carbons (Fsp3) is 0.615. The van der Waals surface area contributed by atoms with Gasteiger partial charge in [-0.05, 0) is 37.5 Å². The highest BCUT2D eigenvalue weighted by molar-refractivity contribution is 5.37. The van der Waals surface area contributed by atoms with Crippen LogP contribution in [-0.4, -0.2) is 17.1 Å². The van der Waals surface area contributed by atoms with Gasteiger partial charge in [-0.1, -0.05) is 19.3 Å². The lowest BCUT2D eigenvalue weighted by atomic mass is 9.82. The van der Waals surface area contributed by atoms with E-state index >= 15 is 0 Å². The van der Waals surface area contributed by atoms with Gasteiger partial charge in [-0.15, -0.1) is 0 Å². The van der Waals surface area contributed by atoms with Crippen molar-refractivity contribution >= 4 is 5.82 Å². The third-order valence-electron chi connectivity index (χ3n) is 3.39. The smallest absolute Gasteiger partial charge is 0.126 e. The summed E-state index contributed by atoms with van der Waals surface area (Å²) in [5, 5.41) is 3.36. The van der Waals surface area contributed by atoms with Crippen LogP contribution in [0.5, 0.6) is 0 Å². The number of anilines is 1. The summed E-state index contributed by atoms with van der Waals surface area (Å²) in [6.07, 6.45) is 7.96. The van der Waals surface area contributed by atoms with Crippen molar-refractivity contribution in [2.75, 3.05) is 11.9 Å². The molecule has 0 atom stereocenters. The quantitative estimate of drug-likeness (QED) is 0.821. The summed E-state index contributed by atoms with van der Waals surface area (Å²) in [6, 6.07) is 4.07. The highest BCUT2D eigenvalue weighted by atomic mass is 15.0. The van der Waals surface area contributed by atoms with Gasteiger partial charge in [0.1, 0.15) is 5.82 Å². The molecule has 0 unspecified atom stereocenters. The minimum absolute atomic E-state index is 0.0241. The molecule has 0 radical (unpaired) electrons. The van der Waals surface area contributed by atoms with E-state index in [1.807, 2.05) is 12.3 Å². The number of nitrogens with two attached hydrogens (primary N) is 1. The standard InChI is InChI=1S/C13H21N3/c1-11-5-8-15-12(9-11)16-10-13(14)6-3-2-4-7-13/h5,8-9H,2-4,6-7,10,14H2,1H3,(H,15,16). The van der Waals surface area contributed by atoms with E-state index in [-0.39, 0.29) is 5.54 Å². The lowest BCUT2D eigenvalue weighted by molar-refractivity contribution is 0.311. The Morgan fingerprint density at radius 2 is 2.12 bits per heavy atom. The molecule has 16 heavy (non-hydrogen) atoms. The van der Waals surface area contributed by atoms with Crippen LogP contribution in [0.3, 0.4) is 0 Å². The molecule has 1 aliphatic carbocycles. The molecule has 1 aromatic heterocycles. The van der Waals surface area contributed by atoms with Crippen LogP contribution < -0.4 is 11.1 Å². The largest absolute Gasteiger partial charge is 0.368 e. The zero-order valence-electron chi connectivity index (χ0n) is 10.00. The zero-order valence-corrected chi connectivity index (χ0v) is 10.00. The molecule has 1 saturated carbocycles. The van der Waals surface area contributed by atoms with Gasteiger partial charge < -0.3 is 11.1 Å². The van der Waals surface area contributed by atoms with E-state index in [1.165, 1.54) is 24.8 Å². The summed E-state index contributed by atoms with van der Waals surface area (Å²) in [5.74, 6) is 0.940. The first kappa shape index (κ1) is 11.4. The predicted octanol–water partition coefficient (Wildman–Crippen LogP) is 2.46. The summed E-state index contributed by atoms with van der Waals surface area (Å²) in [5.41, 5.74) is 7.56. The monoisotopic (exact) mass is 219 g/mol. The summed E-state index contributed by atoms with van der Waals surface area (Å²) < 4.78 is 0. The molecule has 0 saturated heterocycles. The summed E-state index contributed by atoms with van der Waals surface area (Å²) in [7, 11) is 0. The molecule has 3 N–H and O–H groups in total. The van der Waals surface area contributed by atoms with Crippen LogP contribution in [0.1, 0.15) is 37.7 Å². The molecular formula is C13H21N3. The molecule has 88 valence electrons. The average molecular weight is 219 g/mol. The normalized spacial score (nSPS) is 19.4. The average Bonchev–Trinajstić information content (AvgIpc) is 2.28. The van der Waals surface area contributed by atoms with E-state index in [9.17, 15) is 0 Å². The molecule has 0 bridgehead atoms. The van der Waals surface area contributed by atoms with Crippen molar-refractivity contribution in [2.24, 2.45) is 5.73 Å². The maximum absolute atomic E-state index is 6.35. The van der Waals surface area contributed by atoms with Crippen molar-refractivity contribution in [3.05, 3.63) is 23.9 Å². The second-order valence-electron chi connectivity index (χ2n) is 5.00. The number of pyridine rings is 1. The SMILES string of the molecule is Cc1ccnc(NCC2(N)CCCCC2)c1. The molecule has 1 aromatic rings. The van der Waals surface area contributed by atoms with Crippen molar-refractivity contribution in [2.45, 2.75) is 44.6 Å². The molecule has 3 nitrogen and oxygen atoms in total. The second kappa shape index (κ2) is 4.83. The van der Waals surface area contributed by atoms with E-state index in [0.29, 0.717) is 0 Å². The Morgan fingerprint density at radius 1 is 1.38 bits per heavy atom. The minimum atomic E-state index is -0.0241. The van der Waals surface area contributed by atoms with Crippen molar-refractivity contribution < 1.29 is 0 Å². The molecule has 2 rings (SSSR count). The van der Waals surface area contributed by atoms with E-state index in [2.05, 4.69) is 23.3 Å². The maximum Gasteiger partial charge on any atom is 0.126 e. The van der Waals surface area contributed by atoms with Crippen LogP contribution in [0.2, 0.25) is 0 Å². The molecule has 1 fully saturated rings. The van der Waals surface area contributed by atoms with Gasteiger partial charge in [-0.2, -0.15) is 0 Å². The van der Waals surface area contributed by atoms with Crippen LogP contribution >= 0.6 is 0 Å². The first-order chi connectivity index (χ1) is 7.68. The van der Waals surface area contributed by atoms with E-state index in [0.717, 1.165) is 25.2 Å². The van der Waals surface area contributed by atoms with Crippen LogP contribution in [0.25, 0.3) is 0 Å². The Balaban J connectivity index is 1.91. The van der Waals surface area contributed by atoms with Gasteiger partial charge in [0.15, 0.2) is 0 Å².